The van der Waals surface area contributed by atoms with Crippen LogP contribution in [0.4, 0.5) is 11.4 Å². The quantitative estimate of drug-likeness (QED) is 0.718. The van der Waals surface area contributed by atoms with E-state index >= 15 is 0 Å². The van der Waals surface area contributed by atoms with Gasteiger partial charge in [-0.3, -0.25) is 0 Å². The van der Waals surface area contributed by atoms with E-state index in [1.165, 1.54) is 19.3 Å². The SMILES string of the molecule is Nc1cc(N(CCO)C2CCCCC2)ccc1C(=O)O. The number of nitrogen functional groups attached to an aromatic ring is 1. The highest BCUT2D eigenvalue weighted by molar-refractivity contribution is 5.94. The lowest BCUT2D eigenvalue weighted by Gasteiger charge is -2.36. The summed E-state index contributed by atoms with van der Waals surface area (Å²) in [5, 5.41) is 18.3. The number of aromatic carboxylic acids is 1. The van der Waals surface area contributed by atoms with Gasteiger partial charge in [-0.2, -0.15) is 0 Å². The molecule has 1 aromatic carbocycles. The van der Waals surface area contributed by atoms with E-state index in [-0.39, 0.29) is 17.9 Å². The molecule has 2 rings (SSSR count). The fourth-order valence-electron chi connectivity index (χ4n) is 2.95. The molecule has 0 bridgehead atoms. The van der Waals surface area contributed by atoms with Gasteiger partial charge in [0.1, 0.15) is 0 Å². The Morgan fingerprint density at radius 3 is 2.55 bits per heavy atom. The van der Waals surface area contributed by atoms with Crippen LogP contribution in [0.3, 0.4) is 0 Å². The number of carboxylic acids is 1. The monoisotopic (exact) mass is 278 g/mol. The lowest BCUT2D eigenvalue weighted by molar-refractivity contribution is 0.0698. The predicted octanol–water partition coefficient (Wildman–Crippen LogP) is 2.10. The molecule has 0 heterocycles. The molecule has 0 saturated heterocycles. The highest BCUT2D eigenvalue weighted by Gasteiger charge is 2.22. The van der Waals surface area contributed by atoms with Gasteiger partial charge in [0, 0.05) is 24.0 Å². The van der Waals surface area contributed by atoms with E-state index in [9.17, 15) is 9.90 Å². The van der Waals surface area contributed by atoms with Crippen LogP contribution in [0.5, 0.6) is 0 Å². The fraction of sp³-hybridized carbons (Fsp3) is 0.533. The number of hydrogen-bond acceptors (Lipinski definition) is 4. The molecule has 1 saturated carbocycles. The maximum absolute atomic E-state index is 11.0. The zero-order chi connectivity index (χ0) is 14.5. The summed E-state index contributed by atoms with van der Waals surface area (Å²) in [5.41, 5.74) is 7.11. The summed E-state index contributed by atoms with van der Waals surface area (Å²) in [6, 6.07) is 5.43. The van der Waals surface area contributed by atoms with Gasteiger partial charge in [0.2, 0.25) is 0 Å². The van der Waals surface area contributed by atoms with Crippen molar-refractivity contribution in [2.75, 3.05) is 23.8 Å². The summed E-state index contributed by atoms with van der Waals surface area (Å²) in [5.74, 6) is -1.01. The van der Waals surface area contributed by atoms with Crippen LogP contribution in [-0.2, 0) is 0 Å². The van der Waals surface area contributed by atoms with Crippen molar-refractivity contribution in [1.29, 1.82) is 0 Å². The fourth-order valence-corrected chi connectivity index (χ4v) is 2.95. The zero-order valence-electron chi connectivity index (χ0n) is 11.6. The molecule has 1 fully saturated rings. The Hall–Kier alpha value is -1.75. The zero-order valence-corrected chi connectivity index (χ0v) is 11.6. The number of anilines is 2. The largest absolute Gasteiger partial charge is 0.478 e. The number of nitrogens with zero attached hydrogens (tertiary/aromatic N) is 1. The third-order valence-electron chi connectivity index (χ3n) is 3.95. The van der Waals surface area contributed by atoms with Crippen LogP contribution >= 0.6 is 0 Å². The van der Waals surface area contributed by atoms with Gasteiger partial charge in [0.05, 0.1) is 12.2 Å². The highest BCUT2D eigenvalue weighted by atomic mass is 16.4. The lowest BCUT2D eigenvalue weighted by atomic mass is 9.93. The van der Waals surface area contributed by atoms with Crippen LogP contribution in [0.25, 0.3) is 0 Å². The molecule has 0 aliphatic heterocycles. The Morgan fingerprint density at radius 2 is 2.00 bits per heavy atom. The second-order valence-electron chi connectivity index (χ2n) is 5.29. The van der Waals surface area contributed by atoms with Crippen LogP contribution in [0.1, 0.15) is 42.5 Å². The molecule has 20 heavy (non-hydrogen) atoms. The topological polar surface area (TPSA) is 86.8 Å². The van der Waals surface area contributed by atoms with Crippen LogP contribution in [0.2, 0.25) is 0 Å². The van der Waals surface area contributed by atoms with Crippen molar-refractivity contribution in [2.24, 2.45) is 0 Å². The maximum atomic E-state index is 11.0. The van der Waals surface area contributed by atoms with Gasteiger partial charge >= 0.3 is 5.97 Å². The number of rotatable bonds is 5. The summed E-state index contributed by atoms with van der Waals surface area (Å²) in [6.45, 7) is 0.633. The smallest absolute Gasteiger partial charge is 0.337 e. The van der Waals surface area contributed by atoms with Crippen molar-refractivity contribution < 1.29 is 15.0 Å². The van der Waals surface area contributed by atoms with Crippen molar-refractivity contribution in [2.45, 2.75) is 38.1 Å². The molecule has 4 N–H and O–H groups in total. The first-order valence-electron chi connectivity index (χ1n) is 7.14. The minimum atomic E-state index is -1.01. The third kappa shape index (κ3) is 3.22. The third-order valence-corrected chi connectivity index (χ3v) is 3.95. The minimum absolute atomic E-state index is 0.0804. The van der Waals surface area contributed by atoms with E-state index in [4.69, 9.17) is 10.8 Å². The molecular weight excluding hydrogens is 256 g/mol. The molecule has 110 valence electrons. The second kappa shape index (κ2) is 6.61. The van der Waals surface area contributed by atoms with Gasteiger partial charge in [-0.25, -0.2) is 4.79 Å². The van der Waals surface area contributed by atoms with E-state index in [0.29, 0.717) is 12.6 Å². The van der Waals surface area contributed by atoms with Crippen molar-refractivity contribution in [3.63, 3.8) is 0 Å². The molecule has 0 spiro atoms. The molecule has 0 amide bonds. The van der Waals surface area contributed by atoms with Crippen molar-refractivity contribution >= 4 is 17.3 Å². The van der Waals surface area contributed by atoms with Gasteiger partial charge in [0.25, 0.3) is 0 Å². The Morgan fingerprint density at radius 1 is 1.30 bits per heavy atom. The van der Waals surface area contributed by atoms with Crippen molar-refractivity contribution in [3.05, 3.63) is 23.8 Å². The lowest BCUT2D eigenvalue weighted by Crippen LogP contribution is -2.38. The Labute approximate surface area is 119 Å². The second-order valence-corrected chi connectivity index (χ2v) is 5.29. The predicted molar refractivity (Wildman–Crippen MR) is 79.1 cm³/mol. The summed E-state index contributed by atoms with van der Waals surface area (Å²) >= 11 is 0. The normalized spacial score (nSPS) is 16.1. The molecule has 0 atom stereocenters. The molecule has 1 aliphatic rings. The van der Waals surface area contributed by atoms with Crippen LogP contribution in [0, 0.1) is 0 Å². The number of carbonyl (C=O) groups is 1. The first-order chi connectivity index (χ1) is 9.63. The maximum Gasteiger partial charge on any atom is 0.337 e. The summed E-state index contributed by atoms with van der Waals surface area (Å²) in [6.07, 6.45) is 5.90. The molecular formula is C15H22N2O3. The Bertz CT molecular complexity index is 470. The van der Waals surface area contributed by atoms with E-state index in [0.717, 1.165) is 18.5 Å². The summed E-state index contributed by atoms with van der Waals surface area (Å²) in [4.78, 5) is 13.2. The van der Waals surface area contributed by atoms with Gasteiger partial charge in [-0.1, -0.05) is 19.3 Å². The number of nitrogens with two attached hydrogens (primary N) is 1. The average Bonchev–Trinajstić information content (AvgIpc) is 2.45. The van der Waals surface area contributed by atoms with E-state index in [1.54, 1.807) is 18.2 Å². The molecule has 1 aromatic rings. The van der Waals surface area contributed by atoms with E-state index in [1.807, 2.05) is 0 Å². The van der Waals surface area contributed by atoms with Gasteiger partial charge in [0.15, 0.2) is 0 Å². The molecule has 0 unspecified atom stereocenters. The number of hydrogen-bond donors (Lipinski definition) is 3. The molecule has 5 heteroatoms. The molecule has 0 aromatic heterocycles. The number of aliphatic hydroxyl groups excluding tert-OH is 1. The minimum Gasteiger partial charge on any atom is -0.478 e. The van der Waals surface area contributed by atoms with Gasteiger partial charge in [-0.15, -0.1) is 0 Å². The standard InChI is InChI=1S/C15H22N2O3/c16-14-10-12(6-7-13(14)15(19)20)17(8-9-18)11-4-2-1-3-5-11/h6-7,10-11,18H,1-5,8-9,16H2,(H,19,20). The van der Waals surface area contributed by atoms with Crippen LogP contribution in [0.15, 0.2) is 18.2 Å². The first-order valence-corrected chi connectivity index (χ1v) is 7.14. The van der Waals surface area contributed by atoms with Crippen LogP contribution < -0.4 is 10.6 Å². The Kier molecular flexibility index (Phi) is 4.84. The summed E-state index contributed by atoms with van der Waals surface area (Å²) in [7, 11) is 0. The average molecular weight is 278 g/mol. The van der Waals surface area contributed by atoms with E-state index in [2.05, 4.69) is 4.90 Å². The van der Waals surface area contributed by atoms with Crippen molar-refractivity contribution in [1.82, 2.24) is 0 Å². The van der Waals surface area contributed by atoms with Gasteiger partial charge < -0.3 is 20.8 Å². The molecule has 0 radical (unpaired) electrons. The van der Waals surface area contributed by atoms with E-state index < -0.39 is 5.97 Å². The number of benzene rings is 1. The molecule has 1 aliphatic carbocycles. The number of aliphatic hydroxyl groups is 1. The highest BCUT2D eigenvalue weighted by Crippen LogP contribution is 2.29. The van der Waals surface area contributed by atoms with Crippen LogP contribution in [-0.4, -0.2) is 35.4 Å². The Balaban J connectivity index is 2.24. The first kappa shape index (κ1) is 14.7. The van der Waals surface area contributed by atoms with Gasteiger partial charge in [-0.05, 0) is 31.0 Å². The number of carboxylic acid groups (broad SMARTS) is 1. The summed E-state index contributed by atoms with van der Waals surface area (Å²) < 4.78 is 0. The molecule has 5 nitrogen and oxygen atoms in total. The van der Waals surface area contributed by atoms with Crippen molar-refractivity contribution in [3.8, 4) is 0 Å².